The summed E-state index contributed by atoms with van der Waals surface area (Å²) in [6.07, 6.45) is 1.59. The van der Waals surface area contributed by atoms with Crippen LogP contribution in [0.3, 0.4) is 0 Å². The van der Waals surface area contributed by atoms with E-state index < -0.39 is 32.5 Å². The zero-order chi connectivity index (χ0) is 18.5. The van der Waals surface area contributed by atoms with Gasteiger partial charge in [0.15, 0.2) is 0 Å². The largest absolute Gasteiger partial charge is 0.371 e. The van der Waals surface area contributed by atoms with Crippen molar-refractivity contribution in [3.05, 3.63) is 35.9 Å². The van der Waals surface area contributed by atoms with E-state index in [9.17, 15) is 13.2 Å². The van der Waals surface area contributed by atoms with E-state index in [1.807, 2.05) is 51.1 Å². The second kappa shape index (κ2) is 5.79. The summed E-state index contributed by atoms with van der Waals surface area (Å²) in [5, 5.41) is 0. The van der Waals surface area contributed by atoms with Crippen LogP contribution in [0.25, 0.3) is 0 Å². The van der Waals surface area contributed by atoms with Gasteiger partial charge in [-0.3, -0.25) is 9.52 Å². The summed E-state index contributed by atoms with van der Waals surface area (Å²) in [7, 11) is -3.63. The number of hydrogen-bond acceptors (Lipinski definition) is 5. The van der Waals surface area contributed by atoms with Crippen LogP contribution >= 0.6 is 0 Å². The number of carbonyl (C=O) groups excluding carboxylic acids is 1. The first-order chi connectivity index (χ1) is 11.5. The van der Waals surface area contributed by atoms with Crippen molar-refractivity contribution < 1.29 is 22.7 Å². The number of nitrogens with one attached hydrogen (secondary N) is 1. The van der Waals surface area contributed by atoms with Gasteiger partial charge in [-0.2, -0.15) is 0 Å². The molecule has 3 atom stereocenters. The van der Waals surface area contributed by atoms with Gasteiger partial charge in [0.25, 0.3) is 0 Å². The Bertz CT molecular complexity index is 776. The molecule has 0 aromatic heterocycles. The average Bonchev–Trinajstić information content (AvgIpc) is 2.89. The van der Waals surface area contributed by atoms with Crippen molar-refractivity contribution in [2.45, 2.75) is 57.5 Å². The highest BCUT2D eigenvalue weighted by molar-refractivity contribution is 7.89. The van der Waals surface area contributed by atoms with Crippen LogP contribution in [0.2, 0.25) is 0 Å². The third-order valence-electron chi connectivity index (χ3n) is 5.52. The monoisotopic (exact) mass is 367 g/mol. The van der Waals surface area contributed by atoms with E-state index in [1.165, 1.54) is 0 Å². The highest BCUT2D eigenvalue weighted by Crippen LogP contribution is 2.62. The van der Waals surface area contributed by atoms with Gasteiger partial charge < -0.3 is 9.47 Å². The molecule has 6 nitrogen and oxygen atoms in total. The summed E-state index contributed by atoms with van der Waals surface area (Å²) in [5.41, 5.74) is -1.26. The Morgan fingerprint density at radius 3 is 2.52 bits per heavy atom. The Balaban J connectivity index is 1.81. The first kappa shape index (κ1) is 18.4. The molecule has 3 unspecified atom stereocenters. The molecule has 2 fully saturated rings. The van der Waals surface area contributed by atoms with E-state index in [4.69, 9.17) is 9.47 Å². The van der Waals surface area contributed by atoms with Gasteiger partial charge in [0.05, 0.1) is 35.6 Å². The molecule has 7 heteroatoms. The minimum Gasteiger partial charge on any atom is -0.371 e. The van der Waals surface area contributed by atoms with E-state index in [2.05, 4.69) is 4.72 Å². The number of carbonyl (C=O) groups is 1. The van der Waals surface area contributed by atoms with Gasteiger partial charge in [-0.15, -0.1) is 0 Å². The Labute approximate surface area is 148 Å². The van der Waals surface area contributed by atoms with E-state index in [1.54, 1.807) is 0 Å². The quantitative estimate of drug-likeness (QED) is 0.861. The van der Waals surface area contributed by atoms with Gasteiger partial charge in [0.1, 0.15) is 0 Å². The Kier molecular flexibility index (Phi) is 4.25. The maximum absolute atomic E-state index is 12.8. The van der Waals surface area contributed by atoms with Crippen LogP contribution in [0, 0.1) is 5.41 Å². The average molecular weight is 367 g/mol. The molecule has 1 saturated carbocycles. The van der Waals surface area contributed by atoms with E-state index >= 15 is 0 Å². The lowest BCUT2D eigenvalue weighted by atomic mass is 9.72. The number of rotatable bonds is 5. The number of hydrogen-bond donors (Lipinski definition) is 1. The summed E-state index contributed by atoms with van der Waals surface area (Å²) in [4.78, 5) is 12.8. The summed E-state index contributed by atoms with van der Waals surface area (Å²) in [6.45, 7) is 6.04. The lowest BCUT2D eigenvalue weighted by Gasteiger charge is -2.44. The molecule has 1 aromatic rings. The SMILES string of the molecule is CC12CC(C(=O)NS(C)(=O)=O)(CC1OCc1ccccc1)C(C)(C)O2. The fourth-order valence-corrected chi connectivity index (χ4v) is 4.81. The first-order valence-corrected chi connectivity index (χ1v) is 10.2. The Morgan fingerprint density at radius 1 is 1.28 bits per heavy atom. The summed E-state index contributed by atoms with van der Waals surface area (Å²) in [5.74, 6) is -0.505. The molecule has 0 spiro atoms. The molecule has 1 heterocycles. The van der Waals surface area contributed by atoms with Crippen molar-refractivity contribution in [2.75, 3.05) is 6.26 Å². The predicted octanol–water partition coefficient (Wildman–Crippen LogP) is 2.00. The zero-order valence-corrected chi connectivity index (χ0v) is 15.9. The maximum atomic E-state index is 12.8. The topological polar surface area (TPSA) is 81.7 Å². The van der Waals surface area contributed by atoms with Crippen molar-refractivity contribution in [1.82, 2.24) is 4.72 Å². The summed E-state index contributed by atoms with van der Waals surface area (Å²) >= 11 is 0. The van der Waals surface area contributed by atoms with E-state index in [0.717, 1.165) is 11.8 Å². The molecule has 1 aliphatic heterocycles. The molecule has 0 radical (unpaired) electrons. The van der Waals surface area contributed by atoms with Crippen LogP contribution in [-0.2, 0) is 30.9 Å². The van der Waals surface area contributed by atoms with Crippen LogP contribution in [0.15, 0.2) is 30.3 Å². The predicted molar refractivity (Wildman–Crippen MR) is 93.2 cm³/mol. The second-order valence-electron chi connectivity index (χ2n) is 7.88. The summed E-state index contributed by atoms with van der Waals surface area (Å²) < 4.78 is 37.5. The second-order valence-corrected chi connectivity index (χ2v) is 9.63. The number of fused-ring (bicyclic) bond motifs is 2. The molecule has 3 rings (SSSR count). The third kappa shape index (κ3) is 3.20. The number of ether oxygens (including phenoxy) is 2. The minimum atomic E-state index is -3.63. The van der Waals surface area contributed by atoms with Crippen LogP contribution in [0.1, 0.15) is 39.2 Å². The lowest BCUT2D eigenvalue weighted by Crippen LogP contribution is -2.56. The van der Waals surface area contributed by atoms with Crippen LogP contribution in [-0.4, -0.2) is 37.9 Å². The van der Waals surface area contributed by atoms with Gasteiger partial charge in [0.2, 0.25) is 15.9 Å². The number of benzene rings is 1. The van der Waals surface area contributed by atoms with Gasteiger partial charge >= 0.3 is 0 Å². The van der Waals surface area contributed by atoms with Crippen LogP contribution < -0.4 is 4.72 Å². The van der Waals surface area contributed by atoms with Crippen molar-refractivity contribution in [1.29, 1.82) is 0 Å². The third-order valence-corrected chi connectivity index (χ3v) is 6.07. The standard InChI is InChI=1S/C18H25NO5S/c1-16(2)18(15(20)19-25(4,21)22)10-14(17(3,12-18)24-16)23-11-13-8-6-5-7-9-13/h5-9,14H,10-12H2,1-4H3,(H,19,20). The lowest BCUT2D eigenvalue weighted by molar-refractivity contribution is -0.202. The molecular weight excluding hydrogens is 342 g/mol. The highest BCUT2D eigenvalue weighted by atomic mass is 32.2. The Morgan fingerprint density at radius 2 is 1.92 bits per heavy atom. The molecule has 1 saturated heterocycles. The highest BCUT2D eigenvalue weighted by Gasteiger charge is 2.71. The van der Waals surface area contributed by atoms with Crippen molar-refractivity contribution in [3.63, 3.8) is 0 Å². The first-order valence-electron chi connectivity index (χ1n) is 8.35. The van der Waals surface area contributed by atoms with Gasteiger partial charge in [-0.25, -0.2) is 8.42 Å². The van der Waals surface area contributed by atoms with Gasteiger partial charge in [-0.1, -0.05) is 30.3 Å². The fourth-order valence-electron chi connectivity index (χ4n) is 4.28. The molecule has 1 N–H and O–H groups in total. The van der Waals surface area contributed by atoms with Crippen LogP contribution in [0.5, 0.6) is 0 Å². The molecule has 138 valence electrons. The van der Waals surface area contributed by atoms with Gasteiger partial charge in [0, 0.05) is 0 Å². The van der Waals surface area contributed by atoms with Crippen molar-refractivity contribution >= 4 is 15.9 Å². The van der Waals surface area contributed by atoms with Crippen molar-refractivity contribution in [3.8, 4) is 0 Å². The molecule has 1 aliphatic carbocycles. The molecule has 2 aliphatic rings. The maximum Gasteiger partial charge on any atom is 0.242 e. The van der Waals surface area contributed by atoms with E-state index in [0.29, 0.717) is 19.4 Å². The van der Waals surface area contributed by atoms with Crippen molar-refractivity contribution in [2.24, 2.45) is 5.41 Å². The van der Waals surface area contributed by atoms with Gasteiger partial charge in [-0.05, 0) is 39.2 Å². The molecule has 1 amide bonds. The molecule has 2 bridgehead atoms. The van der Waals surface area contributed by atoms with Crippen LogP contribution in [0.4, 0.5) is 0 Å². The summed E-state index contributed by atoms with van der Waals surface area (Å²) in [6, 6.07) is 9.79. The molecular formula is C18H25NO5S. The fraction of sp³-hybridized carbons (Fsp3) is 0.611. The molecule has 1 aromatic carbocycles. The van der Waals surface area contributed by atoms with E-state index in [-0.39, 0.29) is 6.10 Å². The zero-order valence-electron chi connectivity index (χ0n) is 15.0. The normalized spacial score (nSPS) is 33.4. The number of sulfonamides is 1. The Hall–Kier alpha value is -1.44. The number of amides is 1. The molecule has 25 heavy (non-hydrogen) atoms. The smallest absolute Gasteiger partial charge is 0.242 e. The minimum absolute atomic E-state index is 0.272.